The average molecular weight is 394 g/mol. The summed E-state index contributed by atoms with van der Waals surface area (Å²) in [6, 6.07) is 2.07. The first-order valence-electron chi connectivity index (χ1n) is 8.93. The van der Waals surface area contributed by atoms with Crippen molar-refractivity contribution in [1.29, 1.82) is 0 Å². The summed E-state index contributed by atoms with van der Waals surface area (Å²) in [6.45, 7) is 1.81. The Bertz CT molecular complexity index is 876. The summed E-state index contributed by atoms with van der Waals surface area (Å²) >= 11 is 5.80. The molecule has 2 aromatic rings. The minimum atomic E-state index is -0.848. The maximum atomic E-state index is 14.4. The lowest BCUT2D eigenvalue weighted by Gasteiger charge is -2.17. The quantitative estimate of drug-likeness (QED) is 0.817. The zero-order chi connectivity index (χ0) is 19.1. The predicted molar refractivity (Wildman–Crippen MR) is 96.0 cm³/mol. The summed E-state index contributed by atoms with van der Waals surface area (Å²) in [5.74, 6) is -1.43. The van der Waals surface area contributed by atoms with Crippen molar-refractivity contribution in [3.05, 3.63) is 46.5 Å². The van der Waals surface area contributed by atoms with Crippen molar-refractivity contribution in [2.45, 2.75) is 38.7 Å². The molecule has 1 heterocycles. The third kappa shape index (κ3) is 3.74. The Balaban J connectivity index is 1.51. The van der Waals surface area contributed by atoms with Gasteiger partial charge in [-0.15, -0.1) is 0 Å². The lowest BCUT2D eigenvalue weighted by atomic mass is 10.2. The third-order valence-corrected chi connectivity index (χ3v) is 5.29. The summed E-state index contributed by atoms with van der Waals surface area (Å²) in [5.41, 5.74) is 0.439. The normalized spacial score (nSPS) is 23.0. The maximum Gasteiger partial charge on any atom is 0.276 e. The van der Waals surface area contributed by atoms with Crippen molar-refractivity contribution in [3.8, 4) is 5.75 Å². The number of fused-ring (bicyclic) bond motifs is 1. The van der Waals surface area contributed by atoms with Gasteiger partial charge in [-0.1, -0.05) is 18.5 Å². The van der Waals surface area contributed by atoms with Crippen LogP contribution in [-0.4, -0.2) is 22.0 Å². The third-order valence-electron chi connectivity index (χ3n) is 5.11. The van der Waals surface area contributed by atoms with Gasteiger partial charge in [-0.2, -0.15) is 0 Å². The Labute approximate surface area is 160 Å². The molecule has 0 saturated heterocycles. The first-order chi connectivity index (χ1) is 12.9. The number of hydrogen-bond donors (Lipinski definition) is 1. The Morgan fingerprint density at radius 3 is 2.56 bits per heavy atom. The number of carbonyl (C=O) groups excluding carboxylic acids is 1. The highest BCUT2D eigenvalue weighted by atomic mass is 35.5. The van der Waals surface area contributed by atoms with Crippen molar-refractivity contribution in [2.75, 3.05) is 5.32 Å². The number of amides is 1. The van der Waals surface area contributed by atoms with E-state index in [1.165, 1.54) is 12.6 Å². The Morgan fingerprint density at radius 1 is 1.26 bits per heavy atom. The molecule has 27 heavy (non-hydrogen) atoms. The molecule has 142 valence electrons. The van der Waals surface area contributed by atoms with Crippen molar-refractivity contribution in [1.82, 2.24) is 9.97 Å². The Morgan fingerprint density at radius 2 is 1.93 bits per heavy atom. The molecule has 1 aromatic carbocycles. The average Bonchev–Trinajstić information content (AvgIpc) is 3.24. The number of rotatable bonds is 5. The molecule has 0 radical (unpaired) electrons. The molecular formula is C19H18ClF2N3O2. The highest BCUT2D eigenvalue weighted by molar-refractivity contribution is 6.29. The van der Waals surface area contributed by atoms with Crippen LogP contribution in [0.15, 0.2) is 18.3 Å². The van der Waals surface area contributed by atoms with E-state index >= 15 is 0 Å². The molecule has 5 nitrogen and oxygen atoms in total. The fourth-order valence-electron chi connectivity index (χ4n) is 3.69. The van der Waals surface area contributed by atoms with Crippen molar-refractivity contribution >= 4 is 23.2 Å². The lowest BCUT2D eigenvalue weighted by Crippen LogP contribution is -2.18. The van der Waals surface area contributed by atoms with Crippen molar-refractivity contribution in [2.24, 2.45) is 11.8 Å². The molecular weight excluding hydrogens is 376 g/mol. The molecule has 2 aliphatic rings. The number of anilines is 1. The molecule has 8 heteroatoms. The molecule has 2 aliphatic carbocycles. The highest BCUT2D eigenvalue weighted by Gasteiger charge is 2.47. The van der Waals surface area contributed by atoms with E-state index in [0.717, 1.165) is 25.0 Å². The molecule has 0 bridgehead atoms. The van der Waals surface area contributed by atoms with Gasteiger partial charge in [0.1, 0.15) is 5.15 Å². The van der Waals surface area contributed by atoms with E-state index in [0.29, 0.717) is 24.0 Å². The van der Waals surface area contributed by atoms with E-state index in [-0.39, 0.29) is 22.6 Å². The summed E-state index contributed by atoms with van der Waals surface area (Å²) in [4.78, 5) is 20.4. The fourth-order valence-corrected chi connectivity index (χ4v) is 3.82. The molecule has 1 N–H and O–H groups in total. The monoisotopic (exact) mass is 393 g/mol. The van der Waals surface area contributed by atoms with Gasteiger partial charge in [0, 0.05) is 17.8 Å². The Kier molecular flexibility index (Phi) is 4.72. The van der Waals surface area contributed by atoms with Crippen LogP contribution in [0.5, 0.6) is 5.75 Å². The van der Waals surface area contributed by atoms with Gasteiger partial charge in [0.15, 0.2) is 23.1 Å². The van der Waals surface area contributed by atoms with E-state index in [4.69, 9.17) is 16.3 Å². The number of ether oxygens (including phenoxy) is 1. The van der Waals surface area contributed by atoms with Crippen LogP contribution in [0.3, 0.4) is 0 Å². The van der Waals surface area contributed by atoms with Gasteiger partial charge in [0.25, 0.3) is 5.91 Å². The van der Waals surface area contributed by atoms with E-state index in [1.807, 2.05) is 6.92 Å². The maximum absolute atomic E-state index is 14.4. The zero-order valence-electron chi connectivity index (χ0n) is 14.6. The van der Waals surface area contributed by atoms with E-state index < -0.39 is 23.3 Å². The molecule has 1 aromatic heterocycles. The molecule has 2 fully saturated rings. The highest BCUT2D eigenvalue weighted by Crippen LogP contribution is 2.52. The second-order valence-electron chi connectivity index (χ2n) is 7.03. The molecule has 2 atom stereocenters. The number of hydrogen-bond acceptors (Lipinski definition) is 4. The lowest BCUT2D eigenvalue weighted by molar-refractivity contribution is 0.102. The van der Waals surface area contributed by atoms with Gasteiger partial charge in [-0.3, -0.25) is 9.78 Å². The number of aryl methyl sites for hydroxylation is 1. The molecule has 4 rings (SSSR count). The van der Waals surface area contributed by atoms with Crippen LogP contribution >= 0.6 is 11.6 Å². The van der Waals surface area contributed by atoms with Crippen molar-refractivity contribution in [3.63, 3.8) is 0 Å². The number of halogens is 3. The van der Waals surface area contributed by atoms with E-state index in [9.17, 15) is 13.6 Å². The molecule has 0 aliphatic heterocycles. The summed E-state index contributed by atoms with van der Waals surface area (Å²) < 4.78 is 34.3. The van der Waals surface area contributed by atoms with Gasteiger partial charge in [-0.05, 0) is 37.5 Å². The van der Waals surface area contributed by atoms with E-state index in [2.05, 4.69) is 15.3 Å². The molecule has 1 amide bonds. The topological polar surface area (TPSA) is 64.1 Å². The van der Waals surface area contributed by atoms with Gasteiger partial charge in [0.05, 0.1) is 18.0 Å². The largest absolute Gasteiger partial charge is 0.484 e. The number of benzene rings is 1. The van der Waals surface area contributed by atoms with Crippen LogP contribution in [0.2, 0.25) is 5.15 Å². The second-order valence-corrected chi connectivity index (χ2v) is 7.42. The summed E-state index contributed by atoms with van der Waals surface area (Å²) in [7, 11) is 0. The van der Waals surface area contributed by atoms with Gasteiger partial charge in [-0.25, -0.2) is 13.8 Å². The molecule has 2 saturated carbocycles. The van der Waals surface area contributed by atoms with Gasteiger partial charge in [0.2, 0.25) is 0 Å². The minimum absolute atomic E-state index is 0.0244. The number of nitrogens with zero attached hydrogens (tertiary/aromatic N) is 2. The second kappa shape index (κ2) is 7.03. The van der Waals surface area contributed by atoms with Crippen molar-refractivity contribution < 1.29 is 18.3 Å². The smallest absolute Gasteiger partial charge is 0.276 e. The van der Waals surface area contributed by atoms with Gasteiger partial charge < -0.3 is 10.1 Å². The Hall–Kier alpha value is -2.28. The van der Waals surface area contributed by atoms with Crippen LogP contribution in [0, 0.1) is 23.5 Å². The minimum Gasteiger partial charge on any atom is -0.484 e. The standard InChI is InChI=1S/C19H18ClF2N3O2/c1-2-15-17(25-16(20)8-23-15)19(26)24-11-6-13(21)18(14(22)7-11)27-12-4-9-3-10(9)5-12/h6-10,12H,2-5H2,1H3,(H,24,26). The zero-order valence-corrected chi connectivity index (χ0v) is 15.4. The molecule has 2 unspecified atom stereocenters. The number of nitrogens with one attached hydrogen (secondary N) is 1. The van der Waals surface area contributed by atoms with Crippen LogP contribution in [0.25, 0.3) is 0 Å². The van der Waals surface area contributed by atoms with Gasteiger partial charge >= 0.3 is 0 Å². The predicted octanol–water partition coefficient (Wildman–Crippen LogP) is 4.40. The van der Waals surface area contributed by atoms with Crippen LogP contribution < -0.4 is 10.1 Å². The van der Waals surface area contributed by atoms with Crippen LogP contribution in [-0.2, 0) is 6.42 Å². The number of carbonyl (C=O) groups is 1. The van der Waals surface area contributed by atoms with E-state index in [1.54, 1.807) is 0 Å². The number of aromatic nitrogens is 2. The summed E-state index contributed by atoms with van der Waals surface area (Å²) in [6.07, 6.45) is 4.54. The van der Waals surface area contributed by atoms with Crippen LogP contribution in [0.4, 0.5) is 14.5 Å². The first kappa shape index (κ1) is 18.1. The summed E-state index contributed by atoms with van der Waals surface area (Å²) in [5, 5.41) is 2.50. The molecule has 0 spiro atoms. The SMILES string of the molecule is CCc1ncc(Cl)nc1C(=O)Nc1cc(F)c(OC2CC3CC3C2)c(F)c1. The van der Waals surface area contributed by atoms with Crippen LogP contribution in [0.1, 0.15) is 42.4 Å². The first-order valence-corrected chi connectivity index (χ1v) is 9.30. The fraction of sp³-hybridized carbons (Fsp3) is 0.421.